The van der Waals surface area contributed by atoms with E-state index in [1.807, 2.05) is 36.4 Å². The summed E-state index contributed by atoms with van der Waals surface area (Å²) in [6.07, 6.45) is 3.93. The number of nitrogens with one attached hydrogen (secondary N) is 2. The molecule has 36 heavy (non-hydrogen) atoms. The van der Waals surface area contributed by atoms with Crippen LogP contribution in [0.2, 0.25) is 5.02 Å². The number of pyridine rings is 2. The summed E-state index contributed by atoms with van der Waals surface area (Å²) in [7, 11) is 0. The second-order valence-corrected chi connectivity index (χ2v) is 9.38. The number of anilines is 2. The third-order valence-corrected chi connectivity index (χ3v) is 6.82. The Balaban J connectivity index is 1.21. The van der Waals surface area contributed by atoms with Crippen molar-refractivity contribution < 1.29 is 9.47 Å². The predicted molar refractivity (Wildman–Crippen MR) is 140 cm³/mol. The number of aromatic nitrogens is 2. The molecule has 182 valence electrons. The smallest absolute Gasteiger partial charge is 0.271 e. The maximum Gasteiger partial charge on any atom is 0.271 e. The standard InChI is InChI=1S/C28H25ClN4O3/c29-20-8-10-30-22(15-20)16-32-21-6-7-25-19(14-21)13-18-3-1-4-23(27(18)36-25)26-17-33(11-12-35-26)24-5-2-9-31-28(24)34/h1-10,14-15,26,32H,11-13,16-17H2,(H,31,34). The number of H-pyrrole nitrogens is 1. The van der Waals surface area contributed by atoms with Gasteiger partial charge >= 0.3 is 0 Å². The molecule has 0 amide bonds. The Kier molecular flexibility index (Phi) is 6.09. The zero-order chi connectivity index (χ0) is 24.5. The fraction of sp³-hybridized carbons (Fsp3) is 0.214. The van der Waals surface area contributed by atoms with Crippen molar-refractivity contribution in [3.8, 4) is 11.5 Å². The molecular weight excluding hydrogens is 476 g/mol. The van der Waals surface area contributed by atoms with Gasteiger partial charge in [0.1, 0.15) is 23.3 Å². The van der Waals surface area contributed by atoms with E-state index >= 15 is 0 Å². The molecule has 2 aromatic carbocycles. The van der Waals surface area contributed by atoms with Gasteiger partial charge in [-0.05, 0) is 48.0 Å². The van der Waals surface area contributed by atoms with E-state index in [1.165, 1.54) is 0 Å². The zero-order valence-corrected chi connectivity index (χ0v) is 20.3. The Morgan fingerprint density at radius 3 is 2.94 bits per heavy atom. The molecule has 1 atom stereocenters. The van der Waals surface area contributed by atoms with E-state index in [4.69, 9.17) is 21.1 Å². The molecule has 1 fully saturated rings. The van der Waals surface area contributed by atoms with Gasteiger partial charge in [0.05, 0.1) is 18.8 Å². The van der Waals surface area contributed by atoms with E-state index in [0.717, 1.165) is 46.0 Å². The maximum absolute atomic E-state index is 12.3. The number of rotatable bonds is 5. The number of nitrogens with zero attached hydrogens (tertiary/aromatic N) is 2. The van der Waals surface area contributed by atoms with Crippen LogP contribution in [-0.4, -0.2) is 29.7 Å². The molecule has 0 spiro atoms. The summed E-state index contributed by atoms with van der Waals surface area (Å²) in [6, 6.07) is 19.7. The third-order valence-electron chi connectivity index (χ3n) is 6.58. The van der Waals surface area contributed by atoms with E-state index in [1.54, 1.807) is 18.5 Å². The van der Waals surface area contributed by atoms with Gasteiger partial charge in [-0.15, -0.1) is 0 Å². The van der Waals surface area contributed by atoms with Crippen molar-refractivity contribution in [1.82, 2.24) is 9.97 Å². The van der Waals surface area contributed by atoms with Gasteiger partial charge in [0, 0.05) is 53.7 Å². The lowest BCUT2D eigenvalue weighted by molar-refractivity contribution is 0.0383. The van der Waals surface area contributed by atoms with Crippen LogP contribution in [0.4, 0.5) is 11.4 Å². The van der Waals surface area contributed by atoms with Crippen LogP contribution >= 0.6 is 11.6 Å². The summed E-state index contributed by atoms with van der Waals surface area (Å²) in [5.41, 5.74) is 5.69. The number of para-hydroxylation sites is 1. The number of aromatic amines is 1. The molecule has 8 heteroatoms. The van der Waals surface area contributed by atoms with Crippen molar-refractivity contribution in [2.45, 2.75) is 19.1 Å². The summed E-state index contributed by atoms with van der Waals surface area (Å²) in [5, 5.41) is 4.09. The van der Waals surface area contributed by atoms with Gasteiger partial charge < -0.3 is 24.7 Å². The highest BCUT2D eigenvalue weighted by molar-refractivity contribution is 6.30. The maximum atomic E-state index is 12.3. The summed E-state index contributed by atoms with van der Waals surface area (Å²) < 4.78 is 12.6. The molecule has 0 aliphatic carbocycles. The molecule has 2 aromatic heterocycles. The van der Waals surface area contributed by atoms with Crippen molar-refractivity contribution in [2.75, 3.05) is 29.9 Å². The summed E-state index contributed by atoms with van der Waals surface area (Å²) in [6.45, 7) is 2.37. The molecule has 7 nitrogen and oxygen atoms in total. The second kappa shape index (κ2) is 9.68. The molecule has 4 heterocycles. The molecule has 2 N–H and O–H groups in total. The van der Waals surface area contributed by atoms with Crippen LogP contribution in [0.15, 0.2) is 77.9 Å². The molecule has 0 radical (unpaired) electrons. The van der Waals surface area contributed by atoms with Crippen molar-refractivity contribution >= 4 is 23.0 Å². The van der Waals surface area contributed by atoms with Crippen LogP contribution in [0.25, 0.3) is 0 Å². The summed E-state index contributed by atoms with van der Waals surface area (Å²) >= 11 is 6.07. The van der Waals surface area contributed by atoms with Crippen LogP contribution in [0.5, 0.6) is 11.5 Å². The predicted octanol–water partition coefficient (Wildman–Crippen LogP) is 5.31. The van der Waals surface area contributed by atoms with E-state index in [0.29, 0.717) is 37.0 Å². The first-order valence-electron chi connectivity index (χ1n) is 12.0. The first-order valence-corrected chi connectivity index (χ1v) is 12.3. The van der Waals surface area contributed by atoms with E-state index < -0.39 is 0 Å². The van der Waals surface area contributed by atoms with Crippen molar-refractivity contribution in [3.63, 3.8) is 0 Å². The lowest BCUT2D eigenvalue weighted by atomic mass is 9.95. The number of hydrogen-bond donors (Lipinski definition) is 2. The van der Waals surface area contributed by atoms with Crippen LogP contribution in [0.3, 0.4) is 0 Å². The van der Waals surface area contributed by atoms with Gasteiger partial charge in [-0.2, -0.15) is 0 Å². The minimum atomic E-state index is -0.194. The van der Waals surface area contributed by atoms with E-state index in [9.17, 15) is 4.79 Å². The number of morpholine rings is 1. The Hall–Kier alpha value is -3.81. The van der Waals surface area contributed by atoms with Gasteiger partial charge in [-0.1, -0.05) is 29.8 Å². The second-order valence-electron chi connectivity index (χ2n) is 8.95. The van der Waals surface area contributed by atoms with Gasteiger partial charge in [0.15, 0.2) is 0 Å². The minimum absolute atomic E-state index is 0.0889. The van der Waals surface area contributed by atoms with Gasteiger partial charge in [-0.25, -0.2) is 0 Å². The number of fused-ring (bicyclic) bond motifs is 2. The molecule has 1 unspecified atom stereocenters. The molecule has 2 aliphatic rings. The Bertz CT molecular complexity index is 1470. The molecular formula is C28H25ClN4O3. The SMILES string of the molecule is O=c1[nH]cccc1N1CCOC(c2cccc3c2Oc2ccc(NCc4cc(Cl)ccn4)cc2C3)C1. The number of hydrogen-bond acceptors (Lipinski definition) is 6. The van der Waals surface area contributed by atoms with Gasteiger partial charge in [0.2, 0.25) is 0 Å². The highest BCUT2D eigenvalue weighted by Crippen LogP contribution is 2.43. The van der Waals surface area contributed by atoms with Crippen molar-refractivity contribution in [1.29, 1.82) is 0 Å². The topological polar surface area (TPSA) is 79.5 Å². The monoisotopic (exact) mass is 500 g/mol. The van der Waals surface area contributed by atoms with E-state index in [2.05, 4.69) is 38.4 Å². The first kappa shape index (κ1) is 22.6. The van der Waals surface area contributed by atoms with Gasteiger partial charge in [0.25, 0.3) is 5.56 Å². The van der Waals surface area contributed by atoms with E-state index in [-0.39, 0.29) is 11.7 Å². The van der Waals surface area contributed by atoms with Gasteiger partial charge in [-0.3, -0.25) is 9.78 Å². The average molecular weight is 501 g/mol. The van der Waals surface area contributed by atoms with Crippen LogP contribution < -0.4 is 20.5 Å². The average Bonchev–Trinajstić information content (AvgIpc) is 2.91. The third kappa shape index (κ3) is 4.55. The fourth-order valence-corrected chi connectivity index (χ4v) is 5.00. The largest absolute Gasteiger partial charge is 0.456 e. The van der Waals surface area contributed by atoms with Crippen molar-refractivity contribution in [3.05, 3.63) is 111 Å². The Morgan fingerprint density at radius 2 is 2.06 bits per heavy atom. The normalized spacial score (nSPS) is 16.6. The Labute approximate surface area is 213 Å². The fourth-order valence-electron chi connectivity index (χ4n) is 4.82. The van der Waals surface area contributed by atoms with Crippen LogP contribution in [0, 0.1) is 0 Å². The first-order chi connectivity index (χ1) is 17.6. The minimum Gasteiger partial charge on any atom is -0.456 e. The molecule has 6 rings (SSSR count). The van der Waals surface area contributed by atoms with Crippen LogP contribution in [-0.2, 0) is 17.7 Å². The Morgan fingerprint density at radius 1 is 1.11 bits per heavy atom. The number of ether oxygens (including phenoxy) is 2. The van der Waals surface area contributed by atoms with Crippen molar-refractivity contribution in [2.24, 2.45) is 0 Å². The quantitative estimate of drug-likeness (QED) is 0.340. The molecule has 2 aliphatic heterocycles. The summed E-state index contributed by atoms with van der Waals surface area (Å²) in [5.74, 6) is 1.69. The van der Waals surface area contributed by atoms with Crippen LogP contribution in [0.1, 0.15) is 28.5 Å². The highest BCUT2D eigenvalue weighted by atomic mass is 35.5. The molecule has 0 saturated carbocycles. The molecule has 1 saturated heterocycles. The lowest BCUT2D eigenvalue weighted by Gasteiger charge is -2.35. The summed E-state index contributed by atoms with van der Waals surface area (Å²) in [4.78, 5) is 21.5. The molecule has 0 bridgehead atoms. The zero-order valence-electron chi connectivity index (χ0n) is 19.5. The number of halogens is 1. The lowest BCUT2D eigenvalue weighted by Crippen LogP contribution is -2.41. The highest BCUT2D eigenvalue weighted by Gasteiger charge is 2.29. The molecule has 4 aromatic rings. The number of benzene rings is 2.